The van der Waals surface area contributed by atoms with E-state index in [0.717, 1.165) is 13.1 Å². The Kier molecular flexibility index (Phi) is 4.56. The monoisotopic (exact) mass is 186 g/mol. The largest absolute Gasteiger partial charge is 0.392 e. The normalized spacial score (nSPS) is 20.7. The first-order valence-corrected chi connectivity index (χ1v) is 4.32. The van der Waals surface area contributed by atoms with E-state index in [1.165, 1.54) is 0 Å². The van der Waals surface area contributed by atoms with Crippen LogP contribution in [0.1, 0.15) is 0 Å². The summed E-state index contributed by atoms with van der Waals surface area (Å²) in [6, 6.07) is 0. The summed E-state index contributed by atoms with van der Waals surface area (Å²) in [5, 5.41) is 12.7. The fourth-order valence-electron chi connectivity index (χ4n) is 1.27. The van der Waals surface area contributed by atoms with Gasteiger partial charge in [0.25, 0.3) is 0 Å². The van der Waals surface area contributed by atoms with E-state index in [2.05, 4.69) is 14.9 Å². The molecule has 0 amide bonds. The van der Waals surface area contributed by atoms with Crippen LogP contribution in [0.2, 0.25) is 0 Å². The van der Waals surface area contributed by atoms with Gasteiger partial charge in [-0.15, -0.1) is 0 Å². The lowest BCUT2D eigenvalue weighted by atomic mass is 10.3. The number of azide groups is 1. The van der Waals surface area contributed by atoms with Crippen molar-refractivity contribution >= 4 is 0 Å². The third-order valence-electron chi connectivity index (χ3n) is 1.93. The molecule has 1 heterocycles. The number of hydrogen-bond acceptors (Lipinski definition) is 4. The summed E-state index contributed by atoms with van der Waals surface area (Å²) in [7, 11) is 0. The molecule has 6 heteroatoms. The Labute approximate surface area is 76.7 Å². The minimum atomic E-state index is -0.561. The van der Waals surface area contributed by atoms with Crippen LogP contribution >= 0.6 is 0 Å². The Morgan fingerprint density at radius 3 is 2.85 bits per heavy atom. The second-order valence-corrected chi connectivity index (χ2v) is 2.98. The van der Waals surface area contributed by atoms with Crippen LogP contribution in [0.15, 0.2) is 5.11 Å². The first-order chi connectivity index (χ1) is 6.33. The van der Waals surface area contributed by atoms with Crippen LogP contribution in [-0.2, 0) is 4.74 Å². The molecule has 1 aliphatic rings. The van der Waals surface area contributed by atoms with Crippen LogP contribution in [0.5, 0.6) is 0 Å². The molecule has 6 nitrogen and oxygen atoms in total. The lowest BCUT2D eigenvalue weighted by Gasteiger charge is -2.27. The maximum atomic E-state index is 9.39. The van der Waals surface area contributed by atoms with Crippen molar-refractivity contribution in [3.63, 3.8) is 0 Å². The van der Waals surface area contributed by atoms with Crippen molar-refractivity contribution in [3.05, 3.63) is 10.4 Å². The number of rotatable bonds is 4. The molecule has 1 fully saturated rings. The number of morpholine rings is 1. The highest BCUT2D eigenvalue weighted by atomic mass is 16.5. The van der Waals surface area contributed by atoms with Gasteiger partial charge in [0.2, 0.25) is 0 Å². The van der Waals surface area contributed by atoms with Crippen molar-refractivity contribution in [2.45, 2.75) is 6.10 Å². The van der Waals surface area contributed by atoms with Crippen LogP contribution in [0.3, 0.4) is 0 Å². The zero-order chi connectivity index (χ0) is 9.52. The summed E-state index contributed by atoms with van der Waals surface area (Å²) in [5.41, 5.74) is 8.03. The predicted octanol–water partition coefficient (Wildman–Crippen LogP) is -0.0102. The zero-order valence-electron chi connectivity index (χ0n) is 7.46. The molecule has 0 aliphatic carbocycles. The number of aliphatic hydroxyl groups is 1. The van der Waals surface area contributed by atoms with E-state index in [4.69, 9.17) is 10.3 Å². The minimum Gasteiger partial charge on any atom is -0.392 e. The molecule has 1 saturated heterocycles. The van der Waals surface area contributed by atoms with E-state index in [1.807, 2.05) is 0 Å². The summed E-state index contributed by atoms with van der Waals surface area (Å²) in [6.07, 6.45) is -0.561. The summed E-state index contributed by atoms with van der Waals surface area (Å²) in [5.74, 6) is 0. The second-order valence-electron chi connectivity index (χ2n) is 2.98. The molecule has 13 heavy (non-hydrogen) atoms. The summed E-state index contributed by atoms with van der Waals surface area (Å²) < 4.78 is 5.16. The van der Waals surface area contributed by atoms with Crippen molar-refractivity contribution in [1.82, 2.24) is 4.90 Å². The molecule has 0 aromatic rings. The van der Waals surface area contributed by atoms with Gasteiger partial charge in [-0.1, -0.05) is 5.11 Å². The third-order valence-corrected chi connectivity index (χ3v) is 1.93. The lowest BCUT2D eigenvalue weighted by Crippen LogP contribution is -2.41. The Morgan fingerprint density at radius 2 is 2.23 bits per heavy atom. The van der Waals surface area contributed by atoms with Gasteiger partial charge in [0.15, 0.2) is 0 Å². The molecular weight excluding hydrogens is 172 g/mol. The SMILES string of the molecule is [N-]=[N+]=NCC(O)CN1CCOCC1. The van der Waals surface area contributed by atoms with E-state index in [0.29, 0.717) is 19.8 Å². The Morgan fingerprint density at radius 1 is 1.54 bits per heavy atom. The van der Waals surface area contributed by atoms with Crippen molar-refractivity contribution in [2.24, 2.45) is 5.11 Å². The number of nitrogens with zero attached hydrogens (tertiary/aromatic N) is 4. The third kappa shape index (κ3) is 4.10. The van der Waals surface area contributed by atoms with Gasteiger partial charge in [-0.25, -0.2) is 0 Å². The maximum absolute atomic E-state index is 9.39. The van der Waals surface area contributed by atoms with E-state index in [1.54, 1.807) is 0 Å². The van der Waals surface area contributed by atoms with E-state index in [-0.39, 0.29) is 6.54 Å². The molecule has 1 aliphatic heterocycles. The number of β-amino-alcohol motifs (C(OH)–C–C–N with tert-alkyl or cyclic N) is 1. The second kappa shape index (κ2) is 5.77. The van der Waals surface area contributed by atoms with E-state index >= 15 is 0 Å². The van der Waals surface area contributed by atoms with Crippen molar-refractivity contribution in [3.8, 4) is 0 Å². The summed E-state index contributed by atoms with van der Waals surface area (Å²) in [4.78, 5) is 4.69. The standard InChI is InChI=1S/C7H14N4O2/c8-10-9-5-7(12)6-11-1-3-13-4-2-11/h7,12H,1-6H2. The number of aliphatic hydroxyl groups excluding tert-OH is 1. The fraction of sp³-hybridized carbons (Fsp3) is 1.00. The molecule has 1 atom stereocenters. The molecular formula is C7H14N4O2. The van der Waals surface area contributed by atoms with Gasteiger partial charge >= 0.3 is 0 Å². The molecule has 0 saturated carbocycles. The van der Waals surface area contributed by atoms with Crippen LogP contribution in [0.4, 0.5) is 0 Å². The van der Waals surface area contributed by atoms with Crippen LogP contribution < -0.4 is 0 Å². The van der Waals surface area contributed by atoms with Gasteiger partial charge in [-0.2, -0.15) is 0 Å². The molecule has 0 aromatic carbocycles. The first kappa shape index (κ1) is 10.3. The Bertz CT molecular complexity index is 187. The minimum absolute atomic E-state index is 0.147. The van der Waals surface area contributed by atoms with Crippen molar-refractivity contribution < 1.29 is 9.84 Å². The fourth-order valence-corrected chi connectivity index (χ4v) is 1.27. The molecule has 74 valence electrons. The topological polar surface area (TPSA) is 81.5 Å². The van der Waals surface area contributed by atoms with Crippen LogP contribution in [0.25, 0.3) is 10.4 Å². The Balaban J connectivity index is 2.17. The van der Waals surface area contributed by atoms with Crippen molar-refractivity contribution in [1.29, 1.82) is 0 Å². The van der Waals surface area contributed by atoms with Crippen molar-refractivity contribution in [2.75, 3.05) is 39.4 Å². The zero-order valence-corrected chi connectivity index (χ0v) is 7.46. The van der Waals surface area contributed by atoms with Gasteiger partial charge in [0.1, 0.15) is 0 Å². The van der Waals surface area contributed by atoms with E-state index < -0.39 is 6.10 Å². The van der Waals surface area contributed by atoms with Gasteiger partial charge in [0, 0.05) is 24.5 Å². The van der Waals surface area contributed by atoms with E-state index in [9.17, 15) is 5.11 Å². The molecule has 1 rings (SSSR count). The molecule has 0 aromatic heterocycles. The van der Waals surface area contributed by atoms with Crippen LogP contribution in [0, 0.1) is 0 Å². The molecule has 1 unspecified atom stereocenters. The van der Waals surface area contributed by atoms with Gasteiger partial charge in [-0.3, -0.25) is 4.90 Å². The quantitative estimate of drug-likeness (QED) is 0.381. The first-order valence-electron chi connectivity index (χ1n) is 4.32. The average molecular weight is 186 g/mol. The maximum Gasteiger partial charge on any atom is 0.0723 e. The summed E-state index contributed by atoms with van der Waals surface area (Å²) >= 11 is 0. The van der Waals surface area contributed by atoms with Gasteiger partial charge < -0.3 is 9.84 Å². The molecule has 0 radical (unpaired) electrons. The average Bonchev–Trinajstić information content (AvgIpc) is 2.16. The highest BCUT2D eigenvalue weighted by molar-refractivity contribution is 4.68. The van der Waals surface area contributed by atoms with Gasteiger partial charge in [-0.05, 0) is 5.53 Å². The molecule has 1 N–H and O–H groups in total. The summed E-state index contributed by atoms with van der Waals surface area (Å²) in [6.45, 7) is 3.82. The highest BCUT2D eigenvalue weighted by Crippen LogP contribution is 1.98. The number of hydrogen-bond donors (Lipinski definition) is 1. The highest BCUT2D eigenvalue weighted by Gasteiger charge is 2.13. The molecule has 0 spiro atoms. The van der Waals surface area contributed by atoms with Crippen LogP contribution in [-0.4, -0.2) is 55.5 Å². The predicted molar refractivity (Wildman–Crippen MR) is 47.3 cm³/mol. The van der Waals surface area contributed by atoms with Gasteiger partial charge in [0.05, 0.1) is 25.9 Å². The molecule has 0 bridgehead atoms. The lowest BCUT2D eigenvalue weighted by molar-refractivity contribution is 0.0164. The Hall–Kier alpha value is -0.810. The number of ether oxygens (including phenoxy) is 1. The smallest absolute Gasteiger partial charge is 0.0723 e.